The van der Waals surface area contributed by atoms with Gasteiger partial charge in [0.05, 0.1) is 37.1 Å². The number of rotatable bonds is 3. The predicted octanol–water partition coefficient (Wildman–Crippen LogP) is 4.32. The molecule has 0 unspecified atom stereocenters. The molecule has 0 atom stereocenters. The number of fused-ring (bicyclic) bond motifs is 6. The lowest BCUT2D eigenvalue weighted by atomic mass is 9.99. The average Bonchev–Trinajstić information content (AvgIpc) is 2.81. The molecule has 1 aliphatic heterocycles. The summed E-state index contributed by atoms with van der Waals surface area (Å²) >= 11 is 3.29. The van der Waals surface area contributed by atoms with Crippen molar-refractivity contribution in [2.75, 3.05) is 26.1 Å². The molecule has 1 N–H and O–H groups in total. The molecule has 2 aromatic carbocycles. The van der Waals surface area contributed by atoms with Crippen LogP contribution < -0.4 is 18.9 Å². The van der Waals surface area contributed by atoms with E-state index in [4.69, 9.17) is 18.9 Å². The second-order valence-electron chi connectivity index (χ2n) is 7.43. The molecule has 4 rings (SSSR count). The minimum Gasteiger partial charge on any atom is -0.494 e. The first-order valence-corrected chi connectivity index (χ1v) is 12.3. The van der Waals surface area contributed by atoms with Crippen LogP contribution in [0.5, 0.6) is 17.4 Å². The standard InChI is InChI=1S/C23H21BrN2O7S/c1-12-5-13-7-18(21(12)31-3)26-34(28,29)19-8-14(6-17(24)22(19)32-4)23(27)33-11-15-9-20(30-2)25-10-16(13)15/h5-10,26H,11H2,1-4H3. The zero-order valence-corrected chi connectivity index (χ0v) is 21.2. The summed E-state index contributed by atoms with van der Waals surface area (Å²) in [6.45, 7) is 1.71. The highest BCUT2D eigenvalue weighted by Gasteiger charge is 2.27. The number of pyridine rings is 1. The quantitative estimate of drug-likeness (QED) is 0.481. The Labute approximate surface area is 205 Å². The number of anilines is 1. The maximum absolute atomic E-state index is 13.5. The summed E-state index contributed by atoms with van der Waals surface area (Å²) in [7, 11) is 0.0719. The fourth-order valence-corrected chi connectivity index (χ4v) is 5.78. The summed E-state index contributed by atoms with van der Waals surface area (Å²) in [4.78, 5) is 16.9. The molecule has 0 saturated heterocycles. The van der Waals surface area contributed by atoms with E-state index < -0.39 is 16.0 Å². The van der Waals surface area contributed by atoms with Crippen molar-refractivity contribution < 1.29 is 32.2 Å². The second-order valence-corrected chi connectivity index (χ2v) is 9.93. The van der Waals surface area contributed by atoms with Crippen molar-refractivity contribution in [1.82, 2.24) is 4.98 Å². The van der Waals surface area contributed by atoms with Gasteiger partial charge in [0, 0.05) is 23.4 Å². The number of carbonyl (C=O) groups is 1. The van der Waals surface area contributed by atoms with Crippen LogP contribution in [0.2, 0.25) is 0 Å². The summed E-state index contributed by atoms with van der Waals surface area (Å²) in [5.41, 5.74) is 2.86. The largest absolute Gasteiger partial charge is 0.494 e. The molecule has 9 nitrogen and oxygen atoms in total. The lowest BCUT2D eigenvalue weighted by molar-refractivity contribution is 0.0472. The Hall–Kier alpha value is -3.31. The van der Waals surface area contributed by atoms with Crippen molar-refractivity contribution >= 4 is 37.6 Å². The molecule has 0 aliphatic carbocycles. The highest BCUT2D eigenvalue weighted by Crippen LogP contribution is 2.40. The first-order chi connectivity index (χ1) is 16.2. The predicted molar refractivity (Wildman–Crippen MR) is 128 cm³/mol. The molecular weight excluding hydrogens is 528 g/mol. The molecule has 11 heteroatoms. The van der Waals surface area contributed by atoms with Gasteiger partial charge in [-0.15, -0.1) is 0 Å². The van der Waals surface area contributed by atoms with E-state index in [1.54, 1.807) is 25.3 Å². The molecule has 1 aromatic heterocycles. The van der Waals surface area contributed by atoms with Crippen molar-refractivity contribution in [3.05, 3.63) is 57.7 Å². The fraction of sp³-hybridized carbons (Fsp3) is 0.217. The van der Waals surface area contributed by atoms with Gasteiger partial charge < -0.3 is 18.9 Å². The van der Waals surface area contributed by atoms with Gasteiger partial charge in [-0.05, 0) is 58.2 Å². The van der Waals surface area contributed by atoms with Crippen LogP contribution in [0.1, 0.15) is 21.5 Å². The van der Waals surface area contributed by atoms with Gasteiger partial charge in [0.1, 0.15) is 17.3 Å². The lowest BCUT2D eigenvalue weighted by Gasteiger charge is -2.18. The van der Waals surface area contributed by atoms with Gasteiger partial charge in [0.25, 0.3) is 10.0 Å². The SMILES string of the molecule is COc1cc2c(cn1)-c1cc(C)c(OC)c(c1)NS(=O)(=O)c1cc(cc(Br)c1OC)C(=O)OC2. The Balaban J connectivity index is 2.03. The second kappa shape index (κ2) is 9.15. The number of nitrogens with one attached hydrogen (secondary N) is 1. The van der Waals surface area contributed by atoms with Crippen molar-refractivity contribution in [1.29, 1.82) is 0 Å². The summed E-state index contributed by atoms with van der Waals surface area (Å²) in [6, 6.07) is 7.80. The summed E-state index contributed by atoms with van der Waals surface area (Å²) in [5, 5.41) is 0. The minimum atomic E-state index is -4.21. The highest BCUT2D eigenvalue weighted by atomic mass is 79.9. The monoisotopic (exact) mass is 548 g/mol. The van der Waals surface area contributed by atoms with Crippen molar-refractivity contribution in [3.8, 4) is 28.5 Å². The van der Waals surface area contributed by atoms with Gasteiger partial charge in [-0.2, -0.15) is 0 Å². The third kappa shape index (κ3) is 4.28. The Kier molecular flexibility index (Phi) is 6.41. The number of benzene rings is 2. The van der Waals surface area contributed by atoms with Crippen LogP contribution >= 0.6 is 15.9 Å². The molecule has 0 radical (unpaired) electrons. The number of aryl methyl sites for hydroxylation is 1. The van der Waals surface area contributed by atoms with Crippen LogP contribution in [0.4, 0.5) is 5.69 Å². The minimum absolute atomic E-state index is 0.0322. The molecule has 0 fully saturated rings. The van der Waals surface area contributed by atoms with E-state index in [9.17, 15) is 13.2 Å². The van der Waals surface area contributed by atoms with Crippen LogP contribution in [0.3, 0.4) is 0 Å². The zero-order chi connectivity index (χ0) is 24.6. The normalized spacial score (nSPS) is 14.3. The van der Waals surface area contributed by atoms with Gasteiger partial charge in [0.2, 0.25) is 5.88 Å². The number of cyclic esters (lactones) is 1. The maximum Gasteiger partial charge on any atom is 0.338 e. The number of halogens is 1. The Morgan fingerprint density at radius 2 is 1.74 bits per heavy atom. The van der Waals surface area contributed by atoms with E-state index in [2.05, 4.69) is 25.6 Å². The Bertz CT molecular complexity index is 1410. The maximum atomic E-state index is 13.5. The van der Waals surface area contributed by atoms with Gasteiger partial charge in [-0.1, -0.05) is 0 Å². The molecule has 4 bridgehead atoms. The van der Waals surface area contributed by atoms with E-state index in [0.29, 0.717) is 33.9 Å². The first kappa shape index (κ1) is 23.8. The molecular formula is C23H21BrN2O7S. The van der Waals surface area contributed by atoms with Crippen LogP contribution in [-0.2, 0) is 21.4 Å². The number of esters is 1. The van der Waals surface area contributed by atoms with Crippen LogP contribution in [0, 0.1) is 6.92 Å². The van der Waals surface area contributed by atoms with Gasteiger partial charge >= 0.3 is 5.97 Å². The van der Waals surface area contributed by atoms with Crippen LogP contribution in [0.25, 0.3) is 11.1 Å². The number of carbonyl (C=O) groups excluding carboxylic acids is 1. The lowest BCUT2D eigenvalue weighted by Crippen LogP contribution is -2.16. The fourth-order valence-electron chi connectivity index (χ4n) is 3.75. The summed E-state index contributed by atoms with van der Waals surface area (Å²) < 4.78 is 51.4. The molecule has 3 aromatic rings. The molecule has 0 spiro atoms. The molecule has 34 heavy (non-hydrogen) atoms. The number of sulfonamides is 1. The van der Waals surface area contributed by atoms with Crippen molar-refractivity contribution in [3.63, 3.8) is 0 Å². The van der Waals surface area contributed by atoms with E-state index >= 15 is 0 Å². The van der Waals surface area contributed by atoms with Gasteiger partial charge in [0.15, 0.2) is 5.75 Å². The topological polar surface area (TPSA) is 113 Å². The molecule has 0 saturated carbocycles. The molecule has 2 heterocycles. The van der Waals surface area contributed by atoms with Crippen molar-refractivity contribution in [2.24, 2.45) is 0 Å². The Morgan fingerprint density at radius 3 is 2.41 bits per heavy atom. The number of nitrogens with zero attached hydrogens (tertiary/aromatic N) is 1. The van der Waals surface area contributed by atoms with Crippen LogP contribution in [-0.4, -0.2) is 40.7 Å². The number of aromatic nitrogens is 1. The molecule has 0 amide bonds. The molecule has 1 aliphatic rings. The molecule has 178 valence electrons. The van der Waals surface area contributed by atoms with Gasteiger partial charge in [-0.3, -0.25) is 4.72 Å². The number of hydrogen-bond donors (Lipinski definition) is 1. The Morgan fingerprint density at radius 1 is 1.00 bits per heavy atom. The van der Waals surface area contributed by atoms with E-state index in [1.807, 2.05) is 6.07 Å². The van der Waals surface area contributed by atoms with Crippen LogP contribution in [0.15, 0.2) is 45.9 Å². The zero-order valence-electron chi connectivity index (χ0n) is 18.8. The van der Waals surface area contributed by atoms with Crippen molar-refractivity contribution in [2.45, 2.75) is 18.4 Å². The third-order valence-electron chi connectivity index (χ3n) is 5.31. The average molecular weight is 549 g/mol. The van der Waals surface area contributed by atoms with Gasteiger partial charge in [-0.25, -0.2) is 18.2 Å². The first-order valence-electron chi connectivity index (χ1n) is 9.98. The number of methoxy groups -OCH3 is 3. The van der Waals surface area contributed by atoms with E-state index in [1.165, 1.54) is 33.5 Å². The highest BCUT2D eigenvalue weighted by molar-refractivity contribution is 9.10. The van der Waals surface area contributed by atoms with E-state index in [0.717, 1.165) is 0 Å². The third-order valence-corrected chi connectivity index (χ3v) is 7.27. The summed E-state index contributed by atoms with van der Waals surface area (Å²) in [6.07, 6.45) is 1.58. The smallest absolute Gasteiger partial charge is 0.338 e. The van der Waals surface area contributed by atoms with E-state index in [-0.39, 0.29) is 33.0 Å². The number of ether oxygens (including phenoxy) is 4. The summed E-state index contributed by atoms with van der Waals surface area (Å²) in [5.74, 6) is 0.0377. The number of hydrogen-bond acceptors (Lipinski definition) is 8.